The normalized spacial score (nSPS) is 10.2. The Bertz CT molecular complexity index is 578. The second-order valence-corrected chi connectivity index (χ2v) is 3.83. The van der Waals surface area contributed by atoms with Crippen LogP contribution < -0.4 is 15.2 Å². The molecule has 1 aromatic carbocycles. The highest BCUT2D eigenvalue weighted by atomic mass is 35.5. The quantitative estimate of drug-likeness (QED) is 0.928. The van der Waals surface area contributed by atoms with E-state index in [1.807, 2.05) is 0 Å². The van der Waals surface area contributed by atoms with Gasteiger partial charge in [-0.2, -0.15) is 4.98 Å². The van der Waals surface area contributed by atoms with E-state index < -0.39 is 5.82 Å². The van der Waals surface area contributed by atoms with Crippen LogP contribution in [-0.2, 0) is 0 Å². The number of nitrogens with zero attached hydrogens (tertiary/aromatic N) is 1. The van der Waals surface area contributed by atoms with Gasteiger partial charge in [0.2, 0.25) is 11.8 Å². The molecule has 2 rings (SSSR count). The summed E-state index contributed by atoms with van der Waals surface area (Å²) in [7, 11) is 1.48. The summed E-state index contributed by atoms with van der Waals surface area (Å²) in [5.74, 6) is 0.338. The fraction of sp³-hybridized carbons (Fsp3) is 0.0833. The first-order valence-electron chi connectivity index (χ1n) is 5.03. The van der Waals surface area contributed by atoms with Crippen LogP contribution in [0.5, 0.6) is 17.5 Å². The Labute approximate surface area is 108 Å². The van der Waals surface area contributed by atoms with E-state index in [4.69, 9.17) is 26.8 Å². The number of methoxy groups -OCH3 is 1. The fourth-order valence-corrected chi connectivity index (χ4v) is 1.50. The van der Waals surface area contributed by atoms with Crippen molar-refractivity contribution in [1.29, 1.82) is 0 Å². The summed E-state index contributed by atoms with van der Waals surface area (Å²) in [5, 5.41) is 0.138. The number of hydrogen-bond acceptors (Lipinski definition) is 4. The molecule has 0 amide bonds. The average molecular weight is 269 g/mol. The second-order valence-electron chi connectivity index (χ2n) is 3.42. The Hall–Kier alpha value is -2.01. The SMILES string of the molecule is COc1ccc(N)c(Oc2ccc(F)cc2Cl)n1. The monoisotopic (exact) mass is 268 g/mol. The molecule has 0 saturated carbocycles. The van der Waals surface area contributed by atoms with Crippen LogP contribution in [0.1, 0.15) is 0 Å². The third-order valence-corrected chi connectivity index (χ3v) is 2.47. The highest BCUT2D eigenvalue weighted by Crippen LogP contribution is 2.32. The van der Waals surface area contributed by atoms with Crippen LogP contribution in [0.2, 0.25) is 5.02 Å². The molecule has 0 atom stereocenters. The van der Waals surface area contributed by atoms with E-state index in [0.717, 1.165) is 6.07 Å². The molecule has 0 radical (unpaired) electrons. The van der Waals surface area contributed by atoms with Gasteiger partial charge in [0.05, 0.1) is 17.8 Å². The van der Waals surface area contributed by atoms with E-state index in [0.29, 0.717) is 11.6 Å². The molecule has 94 valence electrons. The summed E-state index contributed by atoms with van der Waals surface area (Å²) in [6.45, 7) is 0. The molecular formula is C12H10ClFN2O2. The molecule has 18 heavy (non-hydrogen) atoms. The van der Waals surface area contributed by atoms with Crippen LogP contribution in [0, 0.1) is 5.82 Å². The lowest BCUT2D eigenvalue weighted by Crippen LogP contribution is -1.97. The largest absolute Gasteiger partial charge is 0.481 e. The van der Waals surface area contributed by atoms with Crippen molar-refractivity contribution in [2.24, 2.45) is 0 Å². The van der Waals surface area contributed by atoms with E-state index in [9.17, 15) is 4.39 Å². The van der Waals surface area contributed by atoms with Crippen molar-refractivity contribution in [3.8, 4) is 17.5 Å². The zero-order chi connectivity index (χ0) is 13.1. The van der Waals surface area contributed by atoms with E-state index >= 15 is 0 Å². The molecule has 2 N–H and O–H groups in total. The van der Waals surface area contributed by atoms with Crippen molar-refractivity contribution in [3.05, 3.63) is 41.2 Å². The zero-order valence-electron chi connectivity index (χ0n) is 9.48. The number of pyridine rings is 1. The van der Waals surface area contributed by atoms with Gasteiger partial charge in [0.15, 0.2) is 0 Å². The van der Waals surface area contributed by atoms with Gasteiger partial charge in [-0.15, -0.1) is 0 Å². The third kappa shape index (κ3) is 2.62. The lowest BCUT2D eigenvalue weighted by Gasteiger charge is -2.09. The molecule has 0 fully saturated rings. The van der Waals surface area contributed by atoms with Crippen molar-refractivity contribution < 1.29 is 13.9 Å². The van der Waals surface area contributed by atoms with Crippen LogP contribution in [0.4, 0.5) is 10.1 Å². The second kappa shape index (κ2) is 5.10. The molecule has 0 saturated heterocycles. The summed E-state index contributed by atoms with van der Waals surface area (Å²) in [6.07, 6.45) is 0. The molecule has 0 spiro atoms. The first-order chi connectivity index (χ1) is 8.60. The van der Waals surface area contributed by atoms with Gasteiger partial charge >= 0.3 is 0 Å². The smallest absolute Gasteiger partial charge is 0.246 e. The van der Waals surface area contributed by atoms with Crippen molar-refractivity contribution in [2.75, 3.05) is 12.8 Å². The molecule has 6 heteroatoms. The van der Waals surface area contributed by atoms with Crippen molar-refractivity contribution in [1.82, 2.24) is 4.98 Å². The Morgan fingerprint density at radius 3 is 2.72 bits per heavy atom. The van der Waals surface area contributed by atoms with Gasteiger partial charge in [-0.3, -0.25) is 0 Å². The number of aromatic nitrogens is 1. The molecule has 4 nitrogen and oxygen atoms in total. The number of halogens is 2. The molecule has 0 aliphatic rings. The summed E-state index contributed by atoms with van der Waals surface area (Å²) >= 11 is 5.84. The number of nitrogen functional groups attached to an aromatic ring is 1. The topological polar surface area (TPSA) is 57.4 Å². The van der Waals surface area contributed by atoms with E-state index in [1.54, 1.807) is 12.1 Å². The van der Waals surface area contributed by atoms with Gasteiger partial charge in [0.1, 0.15) is 11.6 Å². The maximum Gasteiger partial charge on any atom is 0.246 e. The average Bonchev–Trinajstić information content (AvgIpc) is 2.35. The van der Waals surface area contributed by atoms with Crippen LogP contribution >= 0.6 is 11.6 Å². The number of rotatable bonds is 3. The first-order valence-corrected chi connectivity index (χ1v) is 5.41. The van der Waals surface area contributed by atoms with Gasteiger partial charge in [-0.25, -0.2) is 4.39 Å². The summed E-state index contributed by atoms with van der Waals surface area (Å²) in [6, 6.07) is 6.98. The van der Waals surface area contributed by atoms with Gasteiger partial charge in [0.25, 0.3) is 0 Å². The molecule has 0 bridgehead atoms. The number of ether oxygens (including phenoxy) is 2. The lowest BCUT2D eigenvalue weighted by atomic mass is 10.3. The van der Waals surface area contributed by atoms with Crippen LogP contribution in [0.3, 0.4) is 0 Å². The highest BCUT2D eigenvalue weighted by Gasteiger charge is 2.09. The molecule has 1 aromatic heterocycles. The molecule has 0 aliphatic carbocycles. The molecular weight excluding hydrogens is 259 g/mol. The summed E-state index contributed by atoms with van der Waals surface area (Å²) < 4.78 is 23.3. The Kier molecular flexibility index (Phi) is 3.53. The standard InChI is InChI=1S/C12H10ClFN2O2/c1-17-11-5-3-9(15)12(16-11)18-10-4-2-7(14)6-8(10)13/h2-6H,15H2,1H3. The van der Waals surface area contributed by atoms with Crippen LogP contribution in [0.25, 0.3) is 0 Å². The predicted molar refractivity (Wildman–Crippen MR) is 66.7 cm³/mol. The van der Waals surface area contributed by atoms with E-state index in [-0.39, 0.29) is 16.7 Å². The lowest BCUT2D eigenvalue weighted by molar-refractivity contribution is 0.384. The Balaban J connectivity index is 2.33. The minimum atomic E-state index is -0.445. The summed E-state index contributed by atoms with van der Waals surface area (Å²) in [5.41, 5.74) is 6.04. The molecule has 0 aliphatic heterocycles. The minimum Gasteiger partial charge on any atom is -0.481 e. The van der Waals surface area contributed by atoms with Gasteiger partial charge in [-0.1, -0.05) is 11.6 Å². The maximum atomic E-state index is 12.9. The predicted octanol–water partition coefficient (Wildman–Crippen LogP) is 3.26. The fourth-order valence-electron chi connectivity index (χ4n) is 1.29. The number of anilines is 1. The number of hydrogen-bond donors (Lipinski definition) is 1. The van der Waals surface area contributed by atoms with Crippen molar-refractivity contribution in [2.45, 2.75) is 0 Å². The van der Waals surface area contributed by atoms with E-state index in [1.165, 1.54) is 19.2 Å². The van der Waals surface area contributed by atoms with Crippen molar-refractivity contribution >= 4 is 17.3 Å². The Morgan fingerprint density at radius 2 is 2.06 bits per heavy atom. The van der Waals surface area contributed by atoms with Gasteiger partial charge in [-0.05, 0) is 24.3 Å². The zero-order valence-corrected chi connectivity index (χ0v) is 10.2. The maximum absolute atomic E-state index is 12.9. The minimum absolute atomic E-state index is 0.138. The van der Waals surface area contributed by atoms with Crippen LogP contribution in [0.15, 0.2) is 30.3 Å². The summed E-state index contributed by atoms with van der Waals surface area (Å²) in [4.78, 5) is 4.03. The molecule has 0 unspecified atom stereocenters. The van der Waals surface area contributed by atoms with Crippen LogP contribution in [-0.4, -0.2) is 12.1 Å². The number of benzene rings is 1. The van der Waals surface area contributed by atoms with Crippen molar-refractivity contribution in [3.63, 3.8) is 0 Å². The van der Waals surface area contributed by atoms with Gasteiger partial charge < -0.3 is 15.2 Å². The Morgan fingerprint density at radius 1 is 1.28 bits per heavy atom. The molecule has 2 aromatic rings. The third-order valence-electron chi connectivity index (χ3n) is 2.17. The first kappa shape index (κ1) is 12.4. The van der Waals surface area contributed by atoms with E-state index in [2.05, 4.69) is 4.98 Å². The van der Waals surface area contributed by atoms with Gasteiger partial charge in [0, 0.05) is 6.07 Å². The number of nitrogens with two attached hydrogens (primary N) is 1. The molecule has 1 heterocycles. The highest BCUT2D eigenvalue weighted by molar-refractivity contribution is 6.32.